The standard InChI is InChI=1S/C11H14Cl2N2O6/c12-9(13)8(18)4-2-15(11(20)14-10(4)19)7-1-5(17)6(3-16)21-7/h2,5-9,16-18H,1,3H2,(H,14,19,20)/t5-,6+,7+,8?/m0/s1. The van der Waals surface area contributed by atoms with Gasteiger partial charge in [0.1, 0.15) is 23.3 Å². The molecule has 0 aliphatic carbocycles. The normalized spacial score (nSPS) is 27.2. The molecule has 0 aromatic carbocycles. The fraction of sp³-hybridized carbons (Fsp3) is 0.636. The van der Waals surface area contributed by atoms with E-state index in [4.69, 9.17) is 33.0 Å². The fourth-order valence-corrected chi connectivity index (χ4v) is 2.38. The Bertz CT molecular complexity index is 615. The van der Waals surface area contributed by atoms with Gasteiger partial charge < -0.3 is 20.1 Å². The molecule has 0 bridgehead atoms. The van der Waals surface area contributed by atoms with E-state index >= 15 is 0 Å². The number of hydrogen-bond donors (Lipinski definition) is 4. The van der Waals surface area contributed by atoms with Gasteiger partial charge in [-0.3, -0.25) is 14.3 Å². The van der Waals surface area contributed by atoms with Gasteiger partial charge >= 0.3 is 5.69 Å². The highest BCUT2D eigenvalue weighted by atomic mass is 35.5. The van der Waals surface area contributed by atoms with Crippen LogP contribution in [0, 0.1) is 0 Å². The van der Waals surface area contributed by atoms with Crippen LogP contribution in [0.5, 0.6) is 0 Å². The second-order valence-electron chi connectivity index (χ2n) is 4.65. The van der Waals surface area contributed by atoms with Crippen molar-refractivity contribution in [3.8, 4) is 0 Å². The monoisotopic (exact) mass is 340 g/mol. The van der Waals surface area contributed by atoms with Crippen LogP contribution in [0.3, 0.4) is 0 Å². The van der Waals surface area contributed by atoms with Gasteiger partial charge in [-0.05, 0) is 0 Å². The molecule has 1 aliphatic rings. The molecule has 0 amide bonds. The molecule has 10 heteroatoms. The molecule has 1 unspecified atom stereocenters. The molecule has 1 saturated heterocycles. The van der Waals surface area contributed by atoms with Gasteiger partial charge in [0, 0.05) is 12.6 Å². The SMILES string of the molecule is O=c1[nH]c(=O)n([C@H]2C[C@H](O)[C@@H](CO)O2)cc1C(O)C(Cl)Cl. The lowest BCUT2D eigenvalue weighted by Gasteiger charge is -2.17. The molecule has 2 heterocycles. The number of alkyl halides is 2. The molecule has 4 N–H and O–H groups in total. The first-order chi connectivity index (χ1) is 9.85. The van der Waals surface area contributed by atoms with Crippen LogP contribution in [0.25, 0.3) is 0 Å². The Morgan fingerprint density at radius 3 is 2.67 bits per heavy atom. The van der Waals surface area contributed by atoms with Crippen LogP contribution in [-0.4, -0.2) is 48.5 Å². The van der Waals surface area contributed by atoms with E-state index in [9.17, 15) is 19.8 Å². The first-order valence-electron chi connectivity index (χ1n) is 6.11. The number of aromatic nitrogens is 2. The van der Waals surface area contributed by atoms with Gasteiger partial charge in [-0.15, -0.1) is 23.2 Å². The predicted molar refractivity (Wildman–Crippen MR) is 73.4 cm³/mol. The average Bonchev–Trinajstić information content (AvgIpc) is 2.79. The molecule has 1 aromatic heterocycles. The number of ether oxygens (including phenoxy) is 1. The Kier molecular flexibility index (Phi) is 5.07. The van der Waals surface area contributed by atoms with Crippen LogP contribution in [0.15, 0.2) is 15.8 Å². The third-order valence-corrected chi connectivity index (χ3v) is 3.72. The minimum absolute atomic E-state index is 0.0535. The minimum Gasteiger partial charge on any atom is -0.394 e. The Morgan fingerprint density at radius 2 is 2.14 bits per heavy atom. The maximum absolute atomic E-state index is 11.8. The molecular weight excluding hydrogens is 327 g/mol. The molecule has 0 saturated carbocycles. The molecular formula is C11H14Cl2N2O6. The van der Waals surface area contributed by atoms with Crippen molar-refractivity contribution in [1.82, 2.24) is 9.55 Å². The van der Waals surface area contributed by atoms with Gasteiger partial charge in [-0.1, -0.05) is 0 Å². The van der Waals surface area contributed by atoms with Gasteiger partial charge in [-0.25, -0.2) is 4.79 Å². The Morgan fingerprint density at radius 1 is 1.48 bits per heavy atom. The summed E-state index contributed by atoms with van der Waals surface area (Å²) >= 11 is 11.1. The van der Waals surface area contributed by atoms with Crippen LogP contribution < -0.4 is 11.2 Å². The summed E-state index contributed by atoms with van der Waals surface area (Å²) in [6.45, 7) is -0.406. The molecule has 1 aromatic rings. The number of aliphatic hydroxyl groups is 3. The van der Waals surface area contributed by atoms with E-state index in [0.29, 0.717) is 0 Å². The second-order valence-corrected chi connectivity index (χ2v) is 5.81. The minimum atomic E-state index is -1.48. The Balaban J connectivity index is 2.39. The summed E-state index contributed by atoms with van der Waals surface area (Å²) in [7, 11) is 0. The summed E-state index contributed by atoms with van der Waals surface area (Å²) in [4.78, 5) is 24.2. The number of halogens is 2. The lowest BCUT2D eigenvalue weighted by Crippen LogP contribution is -2.35. The number of nitrogens with zero attached hydrogens (tertiary/aromatic N) is 1. The number of aliphatic hydroxyl groups excluding tert-OH is 3. The van der Waals surface area contributed by atoms with Crippen LogP contribution in [-0.2, 0) is 4.74 Å². The van der Waals surface area contributed by atoms with Gasteiger partial charge in [-0.2, -0.15) is 0 Å². The molecule has 2 rings (SSSR count). The maximum Gasteiger partial charge on any atom is 0.330 e. The number of aromatic amines is 1. The van der Waals surface area contributed by atoms with E-state index in [2.05, 4.69) is 0 Å². The summed E-state index contributed by atoms with van der Waals surface area (Å²) in [5.41, 5.74) is -1.78. The van der Waals surface area contributed by atoms with Crippen molar-refractivity contribution in [1.29, 1.82) is 0 Å². The first kappa shape index (κ1) is 16.5. The molecule has 0 spiro atoms. The summed E-state index contributed by atoms with van der Waals surface area (Å²) in [6.07, 6.45) is -2.99. The van der Waals surface area contributed by atoms with Gasteiger partial charge in [0.05, 0.1) is 18.3 Å². The zero-order valence-electron chi connectivity index (χ0n) is 10.6. The highest BCUT2D eigenvalue weighted by Gasteiger charge is 2.35. The van der Waals surface area contributed by atoms with Crippen molar-refractivity contribution in [3.63, 3.8) is 0 Å². The molecule has 21 heavy (non-hydrogen) atoms. The smallest absolute Gasteiger partial charge is 0.330 e. The third kappa shape index (κ3) is 3.31. The zero-order chi connectivity index (χ0) is 15.7. The molecule has 0 radical (unpaired) electrons. The van der Waals surface area contributed by atoms with Crippen LogP contribution in [0.4, 0.5) is 0 Å². The second kappa shape index (κ2) is 6.47. The number of rotatable bonds is 4. The summed E-state index contributed by atoms with van der Waals surface area (Å²) in [5, 5.41) is 28.5. The van der Waals surface area contributed by atoms with Gasteiger partial charge in [0.25, 0.3) is 5.56 Å². The number of hydrogen-bond acceptors (Lipinski definition) is 6. The average molecular weight is 341 g/mol. The molecule has 1 aliphatic heterocycles. The molecule has 8 nitrogen and oxygen atoms in total. The van der Waals surface area contributed by atoms with Crippen LogP contribution >= 0.6 is 23.2 Å². The first-order valence-corrected chi connectivity index (χ1v) is 6.98. The molecule has 4 atom stereocenters. The van der Waals surface area contributed by atoms with Crippen molar-refractivity contribution in [2.75, 3.05) is 6.61 Å². The number of H-pyrrole nitrogens is 1. The van der Waals surface area contributed by atoms with Crippen molar-refractivity contribution < 1.29 is 20.1 Å². The zero-order valence-corrected chi connectivity index (χ0v) is 12.2. The summed E-state index contributed by atoms with van der Waals surface area (Å²) in [6, 6.07) is 0. The lowest BCUT2D eigenvalue weighted by molar-refractivity contribution is -0.0461. The predicted octanol–water partition coefficient (Wildman–Crippen LogP) is -0.986. The van der Waals surface area contributed by atoms with Crippen molar-refractivity contribution in [3.05, 3.63) is 32.6 Å². The van der Waals surface area contributed by atoms with E-state index in [1.807, 2.05) is 4.98 Å². The number of nitrogens with one attached hydrogen (secondary N) is 1. The van der Waals surface area contributed by atoms with Gasteiger partial charge in [0.2, 0.25) is 0 Å². The van der Waals surface area contributed by atoms with E-state index in [-0.39, 0.29) is 12.0 Å². The van der Waals surface area contributed by atoms with Crippen molar-refractivity contribution in [2.24, 2.45) is 0 Å². The third-order valence-electron chi connectivity index (χ3n) is 3.25. The van der Waals surface area contributed by atoms with Crippen LogP contribution in [0.2, 0.25) is 0 Å². The Hall–Kier alpha value is -0.900. The lowest BCUT2D eigenvalue weighted by atomic mass is 10.2. The van der Waals surface area contributed by atoms with E-state index in [1.165, 1.54) is 0 Å². The van der Waals surface area contributed by atoms with Crippen molar-refractivity contribution >= 4 is 23.2 Å². The maximum atomic E-state index is 11.8. The summed E-state index contributed by atoms with van der Waals surface area (Å²) < 4.78 is 6.33. The highest BCUT2D eigenvalue weighted by molar-refractivity contribution is 6.44. The van der Waals surface area contributed by atoms with E-state index in [1.54, 1.807) is 0 Å². The van der Waals surface area contributed by atoms with Crippen LogP contribution in [0.1, 0.15) is 24.3 Å². The summed E-state index contributed by atoms with van der Waals surface area (Å²) in [5.74, 6) is 0. The topological polar surface area (TPSA) is 125 Å². The van der Waals surface area contributed by atoms with E-state index < -0.39 is 47.2 Å². The van der Waals surface area contributed by atoms with Gasteiger partial charge in [0.15, 0.2) is 0 Å². The quantitative estimate of drug-likeness (QED) is 0.522. The highest BCUT2D eigenvalue weighted by Crippen LogP contribution is 2.28. The fourth-order valence-electron chi connectivity index (χ4n) is 2.11. The van der Waals surface area contributed by atoms with E-state index in [0.717, 1.165) is 10.8 Å². The molecule has 1 fully saturated rings. The Labute approximate surface area is 128 Å². The largest absolute Gasteiger partial charge is 0.394 e. The van der Waals surface area contributed by atoms with Crippen molar-refractivity contribution in [2.45, 2.75) is 35.8 Å². The molecule has 118 valence electrons.